The van der Waals surface area contributed by atoms with Gasteiger partial charge in [0.1, 0.15) is 24.4 Å². The molecule has 1 rings (SSSR count). The number of ether oxygens (including phenoxy) is 6. The summed E-state index contributed by atoms with van der Waals surface area (Å²) in [6.07, 6.45) is 2.23. The summed E-state index contributed by atoms with van der Waals surface area (Å²) in [7, 11) is 0. The van der Waals surface area contributed by atoms with E-state index in [1.807, 2.05) is 19.2 Å². The number of nitrogens with zero attached hydrogens (tertiary/aromatic N) is 1. The lowest BCUT2D eigenvalue weighted by molar-refractivity contribution is -0.126. The number of thiocyanates is 1. The van der Waals surface area contributed by atoms with Gasteiger partial charge in [-0.15, -0.1) is 0 Å². The molecule has 11 nitrogen and oxygen atoms in total. The normalized spacial score (nSPS) is 12.2. The summed E-state index contributed by atoms with van der Waals surface area (Å²) in [5.41, 5.74) is 0.432. The van der Waals surface area contributed by atoms with E-state index in [1.54, 1.807) is 31.2 Å². The van der Waals surface area contributed by atoms with Crippen LogP contribution in [-0.4, -0.2) is 95.9 Å². The van der Waals surface area contributed by atoms with Crippen molar-refractivity contribution in [1.82, 2.24) is 10.6 Å². The number of rotatable bonds is 25. The van der Waals surface area contributed by atoms with Crippen molar-refractivity contribution in [1.29, 1.82) is 5.26 Å². The molecule has 0 aliphatic rings. The number of thioether (sulfide) groups is 1. The molecule has 0 radical (unpaired) electrons. The molecule has 12 heteroatoms. The smallest absolute Gasteiger partial charge is 0.251 e. The SMILES string of the molecule is CC(C)C#CCNC(=O)COCCOC(C)(COc1cccc(C(=O)NCCOCCOCCOCCCC(C)C)c1)SC#N. The number of carbonyl (C=O) groups excluding carboxylic acids is 2. The van der Waals surface area contributed by atoms with Crippen LogP contribution in [0.2, 0.25) is 0 Å². The first-order valence-electron chi connectivity index (χ1n) is 15.4. The molecule has 1 aromatic carbocycles. The van der Waals surface area contributed by atoms with Crippen LogP contribution in [0.5, 0.6) is 5.75 Å². The van der Waals surface area contributed by atoms with Crippen LogP contribution in [0.25, 0.3) is 0 Å². The molecule has 2 N–H and O–H groups in total. The summed E-state index contributed by atoms with van der Waals surface area (Å²) >= 11 is 0.915. The van der Waals surface area contributed by atoms with Gasteiger partial charge in [-0.05, 0) is 55.6 Å². The topological polar surface area (TPSA) is 137 Å². The number of amides is 2. The van der Waals surface area contributed by atoms with Crippen molar-refractivity contribution in [2.75, 3.05) is 79.2 Å². The number of hydrogen-bond donors (Lipinski definition) is 2. The lowest BCUT2D eigenvalue weighted by Crippen LogP contribution is -2.34. The second kappa shape index (κ2) is 25.4. The van der Waals surface area contributed by atoms with Crippen LogP contribution in [-0.2, 0) is 28.5 Å². The Balaban J connectivity index is 2.27. The quantitative estimate of drug-likeness (QED) is 0.0692. The molecule has 0 saturated heterocycles. The molecule has 1 aromatic rings. The highest BCUT2D eigenvalue weighted by Gasteiger charge is 2.28. The van der Waals surface area contributed by atoms with Crippen molar-refractivity contribution in [3.8, 4) is 23.0 Å². The van der Waals surface area contributed by atoms with Crippen LogP contribution in [0, 0.1) is 34.3 Å². The van der Waals surface area contributed by atoms with Crippen molar-refractivity contribution >= 4 is 23.6 Å². The van der Waals surface area contributed by atoms with E-state index in [2.05, 4.69) is 36.3 Å². The molecule has 0 aliphatic carbocycles. The molecule has 0 heterocycles. The van der Waals surface area contributed by atoms with Crippen molar-refractivity contribution in [2.45, 2.75) is 52.4 Å². The zero-order valence-corrected chi connectivity index (χ0v) is 28.3. The van der Waals surface area contributed by atoms with Gasteiger partial charge in [-0.2, -0.15) is 5.26 Å². The van der Waals surface area contributed by atoms with Crippen molar-refractivity contribution in [2.24, 2.45) is 11.8 Å². The Labute approximate surface area is 273 Å². The minimum atomic E-state index is -0.993. The Bertz CT molecular complexity index is 1070. The fourth-order valence-electron chi connectivity index (χ4n) is 3.54. The van der Waals surface area contributed by atoms with Gasteiger partial charge >= 0.3 is 0 Å². The van der Waals surface area contributed by atoms with Gasteiger partial charge in [0.05, 0.1) is 52.8 Å². The van der Waals surface area contributed by atoms with Crippen molar-refractivity contribution in [3.63, 3.8) is 0 Å². The van der Waals surface area contributed by atoms with Crippen LogP contribution in [0.4, 0.5) is 0 Å². The van der Waals surface area contributed by atoms with E-state index in [9.17, 15) is 14.9 Å². The molecule has 0 fully saturated rings. The summed E-state index contributed by atoms with van der Waals surface area (Å²) in [4.78, 5) is 23.4. The first kappa shape index (κ1) is 40.2. The molecule has 2 amide bonds. The number of hydrogen-bond acceptors (Lipinski definition) is 10. The maximum absolute atomic E-state index is 12.6. The first-order chi connectivity index (χ1) is 21.6. The van der Waals surface area contributed by atoms with Gasteiger partial charge in [-0.25, -0.2) is 0 Å². The maximum atomic E-state index is 12.6. The third-order valence-electron chi connectivity index (χ3n) is 5.84. The third-order valence-corrected chi connectivity index (χ3v) is 6.60. The van der Waals surface area contributed by atoms with Gasteiger partial charge < -0.3 is 39.1 Å². The Morgan fingerprint density at radius 2 is 1.62 bits per heavy atom. The van der Waals surface area contributed by atoms with E-state index >= 15 is 0 Å². The molecule has 0 saturated carbocycles. The van der Waals surface area contributed by atoms with Crippen LogP contribution < -0.4 is 15.4 Å². The second-order valence-electron chi connectivity index (χ2n) is 10.9. The monoisotopic (exact) mass is 649 g/mol. The van der Waals surface area contributed by atoms with E-state index in [1.165, 1.54) is 6.42 Å². The lowest BCUT2D eigenvalue weighted by atomic mass is 10.1. The highest BCUT2D eigenvalue weighted by molar-refractivity contribution is 8.04. The molecular weight excluding hydrogens is 598 g/mol. The molecule has 0 spiro atoms. The van der Waals surface area contributed by atoms with Crippen molar-refractivity contribution in [3.05, 3.63) is 29.8 Å². The number of nitrogens with one attached hydrogen (secondary N) is 2. The van der Waals surface area contributed by atoms with Crippen LogP contribution in [0.3, 0.4) is 0 Å². The first-order valence-corrected chi connectivity index (χ1v) is 16.2. The third kappa shape index (κ3) is 22.3. The predicted octanol–water partition coefficient (Wildman–Crippen LogP) is 4.02. The van der Waals surface area contributed by atoms with E-state index in [-0.39, 0.29) is 50.7 Å². The van der Waals surface area contributed by atoms with E-state index in [0.29, 0.717) is 56.8 Å². The summed E-state index contributed by atoms with van der Waals surface area (Å²) in [5.74, 6) is 6.72. The van der Waals surface area contributed by atoms with E-state index in [4.69, 9.17) is 28.4 Å². The average Bonchev–Trinajstić information content (AvgIpc) is 3.00. The zero-order chi connectivity index (χ0) is 33.2. The molecule has 0 aliphatic heterocycles. The zero-order valence-electron chi connectivity index (χ0n) is 27.5. The maximum Gasteiger partial charge on any atom is 0.251 e. The van der Waals surface area contributed by atoms with Gasteiger partial charge in [0.25, 0.3) is 5.91 Å². The number of carbonyl (C=O) groups is 2. The van der Waals surface area contributed by atoms with Crippen LogP contribution in [0.15, 0.2) is 24.3 Å². The molecule has 1 atom stereocenters. The summed E-state index contributed by atoms with van der Waals surface area (Å²) in [5, 5.41) is 16.8. The second-order valence-corrected chi connectivity index (χ2v) is 12.2. The van der Waals surface area contributed by atoms with Gasteiger partial charge in [0.2, 0.25) is 5.91 Å². The standard InChI is InChI=1S/C33H51N3O8S/c1-27(2)9-7-13-35-31(37)24-42-21-22-44-33(5,45-26-34)25-43-30-12-6-11-29(23-30)32(38)36-14-16-40-18-20-41-19-17-39-15-8-10-28(3)4/h6,11-12,23,27-28H,8,10,13-22,24-25H2,1-5H3,(H,35,37)(H,36,38). The van der Waals surface area contributed by atoms with Crippen LogP contribution >= 0.6 is 11.8 Å². The van der Waals surface area contributed by atoms with Gasteiger partial charge in [-0.1, -0.05) is 45.6 Å². The highest BCUT2D eigenvalue weighted by Crippen LogP contribution is 2.27. The molecule has 45 heavy (non-hydrogen) atoms. The van der Waals surface area contributed by atoms with Gasteiger partial charge in [-0.3, -0.25) is 9.59 Å². The fraction of sp³-hybridized carbons (Fsp3) is 0.667. The highest BCUT2D eigenvalue weighted by atomic mass is 32.2. The Morgan fingerprint density at radius 1 is 0.933 bits per heavy atom. The Kier molecular flexibility index (Phi) is 22.6. The summed E-state index contributed by atoms with van der Waals surface area (Å²) in [6, 6.07) is 6.75. The lowest BCUT2D eigenvalue weighted by Gasteiger charge is -2.26. The molecular formula is C33H51N3O8S. The molecule has 0 aromatic heterocycles. The van der Waals surface area contributed by atoms with Crippen LogP contribution in [0.1, 0.15) is 57.8 Å². The fourth-order valence-corrected chi connectivity index (χ4v) is 4.00. The van der Waals surface area contributed by atoms with E-state index in [0.717, 1.165) is 24.8 Å². The Morgan fingerprint density at radius 3 is 2.31 bits per heavy atom. The van der Waals surface area contributed by atoms with Gasteiger partial charge in [0.15, 0.2) is 4.93 Å². The summed E-state index contributed by atoms with van der Waals surface area (Å²) < 4.78 is 33.6. The van der Waals surface area contributed by atoms with Gasteiger partial charge in [0, 0.05) is 24.6 Å². The Hall–Kier alpha value is -2.84. The largest absolute Gasteiger partial charge is 0.490 e. The minimum absolute atomic E-state index is 0.0471. The molecule has 0 bridgehead atoms. The summed E-state index contributed by atoms with van der Waals surface area (Å²) in [6.45, 7) is 14.1. The molecule has 1 unspecified atom stereocenters. The van der Waals surface area contributed by atoms with E-state index < -0.39 is 4.93 Å². The number of benzene rings is 1. The predicted molar refractivity (Wildman–Crippen MR) is 175 cm³/mol. The molecule has 252 valence electrons. The van der Waals surface area contributed by atoms with Crippen molar-refractivity contribution < 1.29 is 38.0 Å². The average molecular weight is 650 g/mol. The minimum Gasteiger partial charge on any atom is -0.490 e. The number of nitriles is 1.